The molecule has 3 nitrogen and oxygen atoms in total. The van der Waals surface area contributed by atoms with Gasteiger partial charge in [0.25, 0.3) is 5.91 Å². The number of hydrogen-bond donors (Lipinski definition) is 2. The summed E-state index contributed by atoms with van der Waals surface area (Å²) >= 11 is 4.16. The van der Waals surface area contributed by atoms with Crippen LogP contribution < -0.4 is 0 Å². The van der Waals surface area contributed by atoms with Crippen molar-refractivity contribution in [1.82, 2.24) is 4.90 Å². The molecule has 1 aliphatic heterocycles. The van der Waals surface area contributed by atoms with Crippen LogP contribution in [-0.4, -0.2) is 35.1 Å². The van der Waals surface area contributed by atoms with Crippen LogP contribution in [0.25, 0.3) is 0 Å². The normalized spacial score (nSPS) is 20.7. The zero-order valence-corrected chi connectivity index (χ0v) is 9.15. The van der Waals surface area contributed by atoms with E-state index in [1.54, 1.807) is 29.2 Å². The fourth-order valence-electron chi connectivity index (χ4n) is 1.71. The molecule has 1 aromatic carbocycles. The summed E-state index contributed by atoms with van der Waals surface area (Å²) in [7, 11) is 0. The molecule has 1 fully saturated rings. The van der Waals surface area contributed by atoms with E-state index in [0.717, 1.165) is 4.90 Å². The average Bonchev–Trinajstić information content (AvgIpc) is 2.65. The van der Waals surface area contributed by atoms with E-state index in [1.807, 2.05) is 0 Å². The maximum Gasteiger partial charge on any atom is 0.253 e. The number of likely N-dealkylation sites (tertiary alicyclic amines) is 1. The van der Waals surface area contributed by atoms with Crippen molar-refractivity contribution < 1.29 is 9.90 Å². The lowest BCUT2D eigenvalue weighted by molar-refractivity contribution is 0.0765. The monoisotopic (exact) mass is 223 g/mol. The predicted molar refractivity (Wildman–Crippen MR) is 60.2 cm³/mol. The fourth-order valence-corrected chi connectivity index (χ4v) is 1.86. The van der Waals surface area contributed by atoms with E-state index in [9.17, 15) is 9.90 Å². The van der Waals surface area contributed by atoms with E-state index in [1.165, 1.54) is 0 Å². The van der Waals surface area contributed by atoms with Gasteiger partial charge in [-0.3, -0.25) is 4.79 Å². The van der Waals surface area contributed by atoms with Crippen molar-refractivity contribution in [3.63, 3.8) is 0 Å². The quantitative estimate of drug-likeness (QED) is 0.702. The number of thiol groups is 1. The van der Waals surface area contributed by atoms with Gasteiger partial charge in [0, 0.05) is 23.5 Å². The van der Waals surface area contributed by atoms with Crippen LogP contribution in [0.1, 0.15) is 16.8 Å². The van der Waals surface area contributed by atoms with Gasteiger partial charge in [-0.15, -0.1) is 12.6 Å². The molecule has 0 aliphatic carbocycles. The van der Waals surface area contributed by atoms with Gasteiger partial charge in [0.15, 0.2) is 0 Å². The molecule has 1 heterocycles. The Kier molecular flexibility index (Phi) is 2.98. The van der Waals surface area contributed by atoms with E-state index in [-0.39, 0.29) is 12.0 Å². The lowest BCUT2D eigenvalue weighted by Crippen LogP contribution is -2.29. The summed E-state index contributed by atoms with van der Waals surface area (Å²) < 4.78 is 0. The summed E-state index contributed by atoms with van der Waals surface area (Å²) in [5.41, 5.74) is 0.655. The highest BCUT2D eigenvalue weighted by atomic mass is 32.1. The first kappa shape index (κ1) is 10.5. The van der Waals surface area contributed by atoms with Crippen LogP contribution in [0.2, 0.25) is 0 Å². The molecular weight excluding hydrogens is 210 g/mol. The van der Waals surface area contributed by atoms with Crippen LogP contribution in [0.5, 0.6) is 0 Å². The molecule has 2 rings (SSSR count). The lowest BCUT2D eigenvalue weighted by Gasteiger charge is -2.15. The second-order valence-electron chi connectivity index (χ2n) is 3.74. The van der Waals surface area contributed by atoms with Crippen LogP contribution in [0.15, 0.2) is 29.2 Å². The van der Waals surface area contributed by atoms with Crippen LogP contribution in [-0.2, 0) is 0 Å². The third-order valence-electron chi connectivity index (χ3n) is 2.56. The highest BCUT2D eigenvalue weighted by Gasteiger charge is 2.25. The molecule has 1 amide bonds. The van der Waals surface area contributed by atoms with Crippen LogP contribution in [0.4, 0.5) is 0 Å². The molecule has 80 valence electrons. The summed E-state index contributed by atoms with van der Waals surface area (Å²) in [6, 6.07) is 7.11. The van der Waals surface area contributed by atoms with Crippen LogP contribution in [0.3, 0.4) is 0 Å². The third-order valence-corrected chi connectivity index (χ3v) is 2.86. The van der Waals surface area contributed by atoms with Gasteiger partial charge in [0.05, 0.1) is 6.10 Å². The number of aliphatic hydroxyl groups is 1. The third kappa shape index (κ3) is 2.33. The van der Waals surface area contributed by atoms with Gasteiger partial charge in [0.1, 0.15) is 0 Å². The molecule has 1 aliphatic rings. The minimum absolute atomic E-state index is 0.0140. The number of hydrogen-bond acceptors (Lipinski definition) is 3. The van der Waals surface area contributed by atoms with Gasteiger partial charge < -0.3 is 10.0 Å². The topological polar surface area (TPSA) is 40.5 Å². The smallest absolute Gasteiger partial charge is 0.253 e. The zero-order chi connectivity index (χ0) is 10.8. The second-order valence-corrected chi connectivity index (χ2v) is 4.26. The lowest BCUT2D eigenvalue weighted by atomic mass is 10.2. The number of aliphatic hydroxyl groups excluding tert-OH is 1. The number of β-amino-alcohol motifs (C(OH)–C–C–N with tert-alkyl or cyclic N) is 1. The molecule has 1 atom stereocenters. The largest absolute Gasteiger partial charge is 0.391 e. The summed E-state index contributed by atoms with van der Waals surface area (Å²) in [4.78, 5) is 14.4. The van der Waals surface area contributed by atoms with E-state index in [4.69, 9.17) is 0 Å². The maximum absolute atomic E-state index is 11.9. The van der Waals surface area contributed by atoms with Crippen LogP contribution >= 0.6 is 12.6 Å². The van der Waals surface area contributed by atoms with Crippen molar-refractivity contribution >= 4 is 18.5 Å². The van der Waals surface area contributed by atoms with E-state index in [0.29, 0.717) is 25.1 Å². The molecule has 0 radical (unpaired) electrons. The van der Waals surface area contributed by atoms with Gasteiger partial charge in [-0.2, -0.15) is 0 Å². The molecule has 0 spiro atoms. The molecule has 1 saturated heterocycles. The van der Waals surface area contributed by atoms with E-state index < -0.39 is 0 Å². The Morgan fingerprint density at radius 2 is 2.07 bits per heavy atom. The molecule has 15 heavy (non-hydrogen) atoms. The summed E-state index contributed by atoms with van der Waals surface area (Å²) in [6.07, 6.45) is 0.314. The van der Waals surface area contributed by atoms with Gasteiger partial charge in [-0.05, 0) is 30.7 Å². The van der Waals surface area contributed by atoms with Crippen molar-refractivity contribution in [3.05, 3.63) is 29.8 Å². The fraction of sp³-hybridized carbons (Fsp3) is 0.364. The van der Waals surface area contributed by atoms with Gasteiger partial charge in [-0.1, -0.05) is 0 Å². The molecular formula is C11H13NO2S. The summed E-state index contributed by atoms with van der Waals surface area (Å²) in [5.74, 6) is -0.0140. The first-order chi connectivity index (χ1) is 7.16. The van der Waals surface area contributed by atoms with E-state index >= 15 is 0 Å². The highest BCUT2D eigenvalue weighted by molar-refractivity contribution is 7.80. The number of rotatable bonds is 1. The Hall–Kier alpha value is -1.00. The molecule has 4 heteroatoms. The van der Waals surface area contributed by atoms with Crippen molar-refractivity contribution in [2.75, 3.05) is 13.1 Å². The Labute approximate surface area is 94.1 Å². The first-order valence-corrected chi connectivity index (χ1v) is 5.38. The number of benzene rings is 1. The molecule has 0 aromatic heterocycles. The van der Waals surface area contributed by atoms with Gasteiger partial charge >= 0.3 is 0 Å². The Bertz CT molecular complexity index is 363. The highest BCUT2D eigenvalue weighted by Crippen LogP contribution is 2.15. The molecule has 1 aromatic rings. The minimum atomic E-state index is -0.363. The molecule has 0 bridgehead atoms. The molecule has 1 N–H and O–H groups in total. The number of nitrogens with zero attached hydrogens (tertiary/aromatic N) is 1. The number of carbonyl (C=O) groups is 1. The van der Waals surface area contributed by atoms with Crippen LogP contribution in [0, 0.1) is 0 Å². The summed E-state index contributed by atoms with van der Waals surface area (Å²) in [6.45, 7) is 1.09. The first-order valence-electron chi connectivity index (χ1n) is 4.93. The van der Waals surface area contributed by atoms with Gasteiger partial charge in [-0.25, -0.2) is 0 Å². The zero-order valence-electron chi connectivity index (χ0n) is 8.26. The Balaban J connectivity index is 2.11. The second kappa shape index (κ2) is 4.24. The van der Waals surface area contributed by atoms with Crippen molar-refractivity contribution in [1.29, 1.82) is 0 Å². The van der Waals surface area contributed by atoms with Crippen molar-refractivity contribution in [3.8, 4) is 0 Å². The number of carbonyl (C=O) groups excluding carboxylic acids is 1. The van der Waals surface area contributed by atoms with Crippen molar-refractivity contribution in [2.24, 2.45) is 0 Å². The SMILES string of the molecule is O=C(c1ccc(S)cc1)N1CCC(O)C1. The van der Waals surface area contributed by atoms with Gasteiger partial charge in [0.2, 0.25) is 0 Å². The standard InChI is InChI=1S/C11H13NO2S/c13-9-5-6-12(7-9)11(14)8-1-3-10(15)4-2-8/h1-4,9,13,15H,5-7H2. The average molecular weight is 223 g/mol. The Morgan fingerprint density at radius 3 is 2.60 bits per heavy atom. The minimum Gasteiger partial charge on any atom is -0.391 e. The van der Waals surface area contributed by atoms with Crippen molar-refractivity contribution in [2.45, 2.75) is 17.4 Å². The molecule has 1 unspecified atom stereocenters. The number of amides is 1. The molecule has 0 saturated carbocycles. The van der Waals surface area contributed by atoms with E-state index in [2.05, 4.69) is 12.6 Å². The predicted octanol–water partition coefficient (Wildman–Crippen LogP) is 1.18. The Morgan fingerprint density at radius 1 is 1.40 bits per heavy atom. The maximum atomic E-state index is 11.9. The summed E-state index contributed by atoms with van der Waals surface area (Å²) in [5, 5.41) is 9.33.